The lowest BCUT2D eigenvalue weighted by atomic mass is 10.1. The molecule has 1 fully saturated rings. The van der Waals surface area contributed by atoms with E-state index in [0.717, 1.165) is 19.6 Å². The van der Waals surface area contributed by atoms with Crippen LogP contribution in [-0.2, 0) is 14.4 Å². The lowest BCUT2D eigenvalue weighted by Crippen LogP contribution is -2.55. The Labute approximate surface area is 205 Å². The average molecular weight is 490 g/mol. The third-order valence-corrected chi connectivity index (χ3v) is 6.24. The van der Waals surface area contributed by atoms with Gasteiger partial charge in [0.25, 0.3) is 5.91 Å². The van der Waals surface area contributed by atoms with Crippen molar-refractivity contribution in [3.05, 3.63) is 29.8 Å². The van der Waals surface area contributed by atoms with E-state index in [1.807, 2.05) is 0 Å². The quantitative estimate of drug-likeness (QED) is 0.432. The summed E-state index contributed by atoms with van der Waals surface area (Å²) in [5.74, 6) is -1.32. The van der Waals surface area contributed by atoms with Gasteiger partial charge in [0.15, 0.2) is 0 Å². The summed E-state index contributed by atoms with van der Waals surface area (Å²) in [4.78, 5) is 55.3. The number of hydrogen-bond donors (Lipinski definition) is 4. The fourth-order valence-corrected chi connectivity index (χ4v) is 4.10. The maximum absolute atomic E-state index is 13.4. The summed E-state index contributed by atoms with van der Waals surface area (Å²) in [5, 5.41) is 17.5. The van der Waals surface area contributed by atoms with Crippen molar-refractivity contribution in [2.24, 2.45) is 0 Å². The van der Waals surface area contributed by atoms with Crippen LogP contribution in [0, 0.1) is 0 Å². The van der Waals surface area contributed by atoms with Gasteiger partial charge in [0.2, 0.25) is 17.7 Å². The summed E-state index contributed by atoms with van der Waals surface area (Å²) in [6.45, 7) is 5.50. The van der Waals surface area contributed by atoms with Gasteiger partial charge in [-0.05, 0) is 31.5 Å². The highest BCUT2D eigenvalue weighted by atomic mass is 16.5. The molecule has 2 heterocycles. The number of hydrogen-bond acceptors (Lipinski definition) is 7. The third-order valence-electron chi connectivity index (χ3n) is 6.24. The highest BCUT2D eigenvalue weighted by molar-refractivity contribution is 5.99. The molecule has 0 bridgehead atoms. The lowest BCUT2D eigenvalue weighted by molar-refractivity contribution is -0.135. The Hall–Kier alpha value is -3.18. The predicted octanol–water partition coefficient (Wildman–Crippen LogP) is -0.895. The van der Waals surface area contributed by atoms with Crippen LogP contribution in [0.15, 0.2) is 24.3 Å². The summed E-state index contributed by atoms with van der Waals surface area (Å²) < 4.78 is 5.77. The van der Waals surface area contributed by atoms with Gasteiger partial charge in [-0.15, -0.1) is 0 Å². The third kappa shape index (κ3) is 7.40. The van der Waals surface area contributed by atoms with Crippen molar-refractivity contribution in [2.45, 2.75) is 38.3 Å². The molecular weight excluding hydrogens is 454 g/mol. The molecule has 1 saturated heterocycles. The fourth-order valence-electron chi connectivity index (χ4n) is 4.10. The Morgan fingerprint density at radius 1 is 1.11 bits per heavy atom. The number of aliphatic hydroxyl groups is 1. The Morgan fingerprint density at radius 3 is 2.57 bits per heavy atom. The minimum Gasteiger partial charge on any atom is -0.493 e. The van der Waals surface area contributed by atoms with Gasteiger partial charge in [0.05, 0.1) is 18.8 Å². The molecule has 1 unspecified atom stereocenters. The molecule has 2 atom stereocenters. The Morgan fingerprint density at radius 2 is 1.86 bits per heavy atom. The maximum Gasteiger partial charge on any atom is 0.255 e. The van der Waals surface area contributed by atoms with E-state index in [4.69, 9.17) is 4.74 Å². The summed E-state index contributed by atoms with van der Waals surface area (Å²) in [6, 6.07) is 4.73. The number of rotatable bonds is 3. The maximum atomic E-state index is 13.4. The summed E-state index contributed by atoms with van der Waals surface area (Å²) in [6.07, 6.45) is 0.402. The number of carbonyl (C=O) groups excluding carboxylic acids is 4. The second-order valence-electron chi connectivity index (χ2n) is 8.62. The standard InChI is InChI=1S/C24H35N5O6/c1-2-28-11-13-29(14-12-28)24(34)18-8-9-21(31)26-19(16-30)23(33)25-10-5-15-35-20-7-4-3-6-17(20)22(32)27-18/h3-4,6-7,18-19,30H,2,5,8-16H2,1H3,(H,25,33)(H,26,31)(H,27,32)/t18-,19?/m0/s1. The number of nitrogens with zero attached hydrogens (tertiary/aromatic N) is 2. The van der Waals surface area contributed by atoms with E-state index < -0.39 is 36.4 Å². The van der Waals surface area contributed by atoms with E-state index in [-0.39, 0.29) is 31.9 Å². The van der Waals surface area contributed by atoms with E-state index in [1.165, 1.54) is 0 Å². The smallest absolute Gasteiger partial charge is 0.255 e. The minimum absolute atomic E-state index is 0.0488. The molecule has 4 amide bonds. The van der Waals surface area contributed by atoms with Gasteiger partial charge >= 0.3 is 0 Å². The van der Waals surface area contributed by atoms with E-state index in [2.05, 4.69) is 27.8 Å². The SMILES string of the molecule is CCN1CCN(C(=O)[C@@H]2CCC(=O)NC(CO)C(=O)NCCCOc3ccccc3C(=O)N2)CC1. The molecule has 0 radical (unpaired) electrons. The van der Waals surface area contributed by atoms with Crippen molar-refractivity contribution in [3.63, 3.8) is 0 Å². The molecule has 192 valence electrons. The van der Waals surface area contributed by atoms with Gasteiger partial charge < -0.3 is 35.6 Å². The lowest BCUT2D eigenvalue weighted by Gasteiger charge is -2.36. The minimum atomic E-state index is -1.09. The molecule has 0 saturated carbocycles. The molecule has 1 aromatic rings. The molecule has 0 aromatic heterocycles. The molecule has 3 rings (SSSR count). The number of benzene rings is 1. The van der Waals surface area contributed by atoms with Crippen molar-refractivity contribution in [3.8, 4) is 5.75 Å². The number of carbonyl (C=O) groups is 4. The van der Waals surface area contributed by atoms with Crippen molar-refractivity contribution in [1.29, 1.82) is 0 Å². The van der Waals surface area contributed by atoms with Gasteiger partial charge in [-0.25, -0.2) is 0 Å². The molecule has 11 nitrogen and oxygen atoms in total. The molecule has 4 N–H and O–H groups in total. The number of fused-ring (bicyclic) bond motifs is 1. The molecule has 2 aliphatic rings. The van der Waals surface area contributed by atoms with Gasteiger partial charge in [-0.3, -0.25) is 19.2 Å². The van der Waals surface area contributed by atoms with Gasteiger partial charge in [-0.2, -0.15) is 0 Å². The van der Waals surface area contributed by atoms with Crippen LogP contribution in [0.25, 0.3) is 0 Å². The van der Waals surface area contributed by atoms with Crippen LogP contribution in [0.1, 0.15) is 36.5 Å². The molecule has 1 aromatic carbocycles. The van der Waals surface area contributed by atoms with Crippen molar-refractivity contribution in [1.82, 2.24) is 25.8 Å². The molecule has 0 aliphatic carbocycles. The monoisotopic (exact) mass is 489 g/mol. The summed E-state index contributed by atoms with van der Waals surface area (Å²) >= 11 is 0. The molecule has 2 aliphatic heterocycles. The Bertz CT molecular complexity index is 902. The molecular formula is C24H35N5O6. The molecule has 35 heavy (non-hydrogen) atoms. The Kier molecular flexibility index (Phi) is 9.86. The number of amides is 4. The van der Waals surface area contributed by atoms with E-state index >= 15 is 0 Å². The van der Waals surface area contributed by atoms with Crippen LogP contribution in [0.5, 0.6) is 5.75 Å². The highest BCUT2D eigenvalue weighted by Crippen LogP contribution is 2.19. The van der Waals surface area contributed by atoms with Gasteiger partial charge in [-0.1, -0.05) is 19.1 Å². The molecule has 11 heteroatoms. The first-order valence-corrected chi connectivity index (χ1v) is 12.1. The number of para-hydroxylation sites is 1. The van der Waals surface area contributed by atoms with Gasteiger partial charge in [0, 0.05) is 39.1 Å². The van der Waals surface area contributed by atoms with Crippen LogP contribution >= 0.6 is 0 Å². The topological polar surface area (TPSA) is 140 Å². The number of nitrogens with one attached hydrogen (secondary N) is 3. The van der Waals surface area contributed by atoms with Crippen molar-refractivity contribution < 1.29 is 29.0 Å². The van der Waals surface area contributed by atoms with Crippen LogP contribution < -0.4 is 20.7 Å². The fraction of sp³-hybridized carbons (Fsp3) is 0.583. The normalized spacial score (nSPS) is 23.4. The first kappa shape index (κ1) is 26.4. The summed E-state index contributed by atoms with van der Waals surface area (Å²) in [5.41, 5.74) is 0.294. The Balaban J connectivity index is 1.80. The zero-order valence-corrected chi connectivity index (χ0v) is 20.1. The number of piperazine rings is 1. The number of ether oxygens (including phenoxy) is 1. The second kappa shape index (κ2) is 13.1. The highest BCUT2D eigenvalue weighted by Gasteiger charge is 2.30. The van der Waals surface area contributed by atoms with Crippen LogP contribution in [-0.4, -0.2) is 103 Å². The van der Waals surface area contributed by atoms with E-state index in [1.54, 1.807) is 29.2 Å². The van der Waals surface area contributed by atoms with Crippen LogP contribution in [0.2, 0.25) is 0 Å². The first-order chi connectivity index (χ1) is 16.9. The first-order valence-electron chi connectivity index (χ1n) is 12.1. The summed E-state index contributed by atoms with van der Waals surface area (Å²) in [7, 11) is 0. The second-order valence-corrected chi connectivity index (χ2v) is 8.62. The largest absolute Gasteiger partial charge is 0.493 e. The van der Waals surface area contributed by atoms with Crippen LogP contribution in [0.4, 0.5) is 0 Å². The van der Waals surface area contributed by atoms with Gasteiger partial charge in [0.1, 0.15) is 17.8 Å². The van der Waals surface area contributed by atoms with Crippen LogP contribution in [0.3, 0.4) is 0 Å². The zero-order valence-electron chi connectivity index (χ0n) is 20.1. The zero-order chi connectivity index (χ0) is 25.2. The van der Waals surface area contributed by atoms with E-state index in [9.17, 15) is 24.3 Å². The number of likely N-dealkylation sites (N-methyl/N-ethyl adjacent to an activating group) is 1. The van der Waals surface area contributed by atoms with Crippen molar-refractivity contribution >= 4 is 23.6 Å². The van der Waals surface area contributed by atoms with Crippen molar-refractivity contribution in [2.75, 3.05) is 52.5 Å². The predicted molar refractivity (Wildman–Crippen MR) is 128 cm³/mol. The average Bonchev–Trinajstić information content (AvgIpc) is 2.88. The molecule has 0 spiro atoms. The van der Waals surface area contributed by atoms with E-state index in [0.29, 0.717) is 30.8 Å². The number of aliphatic hydroxyl groups excluding tert-OH is 1.